The fourth-order valence-electron chi connectivity index (χ4n) is 1.19. The summed E-state index contributed by atoms with van der Waals surface area (Å²) in [6, 6.07) is -1.01. The fourth-order valence-corrected chi connectivity index (χ4v) is 1.19. The smallest absolute Gasteiger partial charge is 0.405 e. The average molecular weight is 234 g/mol. The Labute approximate surface area is 100 Å². The molecule has 0 heterocycles. The lowest BCUT2D eigenvalue weighted by Crippen LogP contribution is -2.32. The monoisotopic (exact) mass is 234 g/mol. The van der Waals surface area contributed by atoms with Crippen molar-refractivity contribution < 1.29 is 19.2 Å². The van der Waals surface area contributed by atoms with E-state index in [1.54, 1.807) is 0 Å². The van der Waals surface area contributed by atoms with E-state index in [-0.39, 0.29) is 11.7 Å². The van der Waals surface area contributed by atoms with Gasteiger partial charge in [0.2, 0.25) is 0 Å². The van der Waals surface area contributed by atoms with Gasteiger partial charge in [0, 0.05) is 1.37 Å². The summed E-state index contributed by atoms with van der Waals surface area (Å²) in [6.45, 7) is 1.85. The second kappa shape index (κ2) is 8.98. The van der Waals surface area contributed by atoms with Crippen LogP contribution in [-0.2, 0) is 0 Å². The minimum absolute atomic E-state index is 0.135. The minimum Gasteiger partial charge on any atom is -0.465 e. The second-order valence-corrected chi connectivity index (χ2v) is 3.44. The first-order chi connectivity index (χ1) is 8.79. The summed E-state index contributed by atoms with van der Waals surface area (Å²) < 4.78 is 22.5. The number of carbonyl (C=O) groups is 1. The molecule has 0 aromatic heterocycles. The molecule has 0 rings (SSSR count). The van der Waals surface area contributed by atoms with E-state index < -0.39 is 24.6 Å². The highest BCUT2D eigenvalue weighted by atomic mass is 16.4. The van der Waals surface area contributed by atoms with Gasteiger partial charge in [-0.3, -0.25) is 0 Å². The van der Waals surface area contributed by atoms with E-state index in [0.29, 0.717) is 25.7 Å². The van der Waals surface area contributed by atoms with E-state index in [1.165, 1.54) is 6.07 Å². The van der Waals surface area contributed by atoms with Crippen LogP contribution in [0.3, 0.4) is 0 Å². The molecule has 0 aliphatic rings. The van der Waals surface area contributed by atoms with Crippen LogP contribution in [0.4, 0.5) is 4.79 Å². The number of hydrogen-bond donors (Lipinski definition) is 3. The van der Waals surface area contributed by atoms with Gasteiger partial charge in [-0.2, -0.15) is 5.26 Å². The highest BCUT2D eigenvalue weighted by molar-refractivity contribution is 5.65. The molecular formula is C11H20N2O3. The standard InChI is InChI=1S/C11H20N2O3/c1-2-10(14)7-5-3-4-6-9(8-12)13-11(15)16/h9-10,13-14H,2-7H2,1H3,(H,15,16)/t9-,10?/m0/s1/i6T,9T/hT/t6?,9-,10?. The van der Waals surface area contributed by atoms with Gasteiger partial charge in [-0.25, -0.2) is 4.79 Å². The second-order valence-electron chi connectivity index (χ2n) is 3.44. The van der Waals surface area contributed by atoms with Gasteiger partial charge in [-0.05, 0) is 19.2 Å². The molecule has 3 N–H and O–H groups in total. The van der Waals surface area contributed by atoms with Crippen LogP contribution < -0.4 is 5.31 Å². The van der Waals surface area contributed by atoms with Crippen molar-refractivity contribution in [2.24, 2.45) is 0 Å². The van der Waals surface area contributed by atoms with Gasteiger partial charge >= 0.3 is 6.09 Å². The zero-order valence-electron chi connectivity index (χ0n) is 12.4. The van der Waals surface area contributed by atoms with Crippen molar-refractivity contribution in [3.8, 4) is 6.07 Å². The average Bonchev–Trinajstić information content (AvgIpc) is 2.40. The number of nitrogens with one attached hydrogen (secondary N) is 1. The number of aliphatic hydroxyl groups excluding tert-OH is 1. The summed E-state index contributed by atoms with van der Waals surface area (Å²) in [5.74, 6) is 0. The summed E-state index contributed by atoms with van der Waals surface area (Å²) in [4.78, 5) is 10.6. The Kier molecular flexibility index (Phi) is 5.56. The van der Waals surface area contributed by atoms with Crippen LogP contribution >= 0.6 is 0 Å². The molecule has 5 heteroatoms. The van der Waals surface area contributed by atoms with Crippen molar-refractivity contribution in [1.29, 1.82) is 5.26 Å². The quantitative estimate of drug-likeness (QED) is 0.559. The van der Waals surface area contributed by atoms with Gasteiger partial charge in [0.05, 0.1) is 13.5 Å². The molecule has 0 fully saturated rings. The lowest BCUT2D eigenvalue weighted by molar-refractivity contribution is 0.156. The third-order valence-electron chi connectivity index (χ3n) is 2.13. The van der Waals surface area contributed by atoms with Gasteiger partial charge in [-0.1, -0.05) is 26.2 Å². The Hall–Kier alpha value is -1.28. The number of hydrogen-bond acceptors (Lipinski definition) is 3. The molecule has 2 unspecified atom stereocenters. The van der Waals surface area contributed by atoms with E-state index in [4.69, 9.17) is 14.5 Å². The zero-order chi connectivity index (χ0) is 15.1. The number of aliphatic hydroxyl groups is 1. The summed E-state index contributed by atoms with van der Waals surface area (Å²) in [7, 11) is 0. The number of nitriles is 1. The first kappa shape index (κ1) is 9.91. The molecule has 0 aromatic rings. The van der Waals surface area contributed by atoms with Crippen LogP contribution in [-0.4, -0.2) is 28.4 Å². The number of unbranched alkanes of at least 4 members (excludes halogenated alkanes) is 1. The first-order valence-electron chi connectivity index (χ1n) is 6.85. The molecule has 0 radical (unpaired) electrons. The van der Waals surface area contributed by atoms with Crippen LogP contribution in [0, 0.1) is 11.3 Å². The van der Waals surface area contributed by atoms with Crippen molar-refractivity contribution in [3.63, 3.8) is 0 Å². The molecule has 0 aliphatic heterocycles. The van der Waals surface area contributed by atoms with Crippen molar-refractivity contribution in [2.75, 3.05) is 0 Å². The molecule has 0 aromatic carbocycles. The molecule has 1 amide bonds. The Balaban J connectivity index is 4.34. The number of nitrogens with zero attached hydrogens (tertiary/aromatic N) is 1. The van der Waals surface area contributed by atoms with Crippen molar-refractivity contribution in [1.82, 2.24) is 5.31 Å². The normalized spacial score (nSPS) is 20.4. The highest BCUT2D eigenvalue weighted by Gasteiger charge is 2.09. The number of carboxylic acid groups (broad SMARTS) is 1. The third-order valence-corrected chi connectivity index (χ3v) is 2.13. The van der Waals surface area contributed by atoms with E-state index in [9.17, 15) is 9.90 Å². The molecule has 3 atom stereocenters. The molecule has 0 saturated carbocycles. The van der Waals surface area contributed by atoms with E-state index >= 15 is 0 Å². The highest BCUT2D eigenvalue weighted by Crippen LogP contribution is 2.09. The van der Waals surface area contributed by atoms with Gasteiger partial charge in [0.15, 0.2) is 1.41 Å². The summed E-state index contributed by atoms with van der Waals surface area (Å²) >= 11 is 0. The van der Waals surface area contributed by atoms with Gasteiger partial charge in [-0.15, -0.1) is 0 Å². The Bertz CT molecular complexity index is 338. The molecule has 92 valence electrons. The lowest BCUT2D eigenvalue weighted by Gasteiger charge is -2.09. The lowest BCUT2D eigenvalue weighted by atomic mass is 10.1. The van der Waals surface area contributed by atoms with Crippen LogP contribution in [0.5, 0.6) is 0 Å². The molecule has 0 bridgehead atoms. The topological polar surface area (TPSA) is 93.4 Å². The summed E-state index contributed by atoms with van der Waals surface area (Å²) in [5, 5.41) is 26.6. The third kappa shape index (κ3) is 8.06. The largest absolute Gasteiger partial charge is 0.465 e. The van der Waals surface area contributed by atoms with Crippen LogP contribution in [0.2, 0.25) is 1.41 Å². The minimum atomic E-state index is -2.42. The van der Waals surface area contributed by atoms with Crippen LogP contribution in [0.1, 0.15) is 48.2 Å². The maximum absolute atomic E-state index is 10.6. The van der Waals surface area contributed by atoms with Gasteiger partial charge < -0.3 is 15.5 Å². The maximum atomic E-state index is 10.6. The SMILES string of the molecule is [3H]C(CCCCC(O)CC)[C@@]([3H])(C#N)N([3H])C(=O)O. The first-order valence-corrected chi connectivity index (χ1v) is 5.33. The predicted octanol–water partition coefficient (Wildman–Crippen LogP) is 1.87. The van der Waals surface area contributed by atoms with Crippen LogP contribution in [0.25, 0.3) is 0 Å². The zero-order valence-corrected chi connectivity index (χ0v) is 9.39. The molecule has 16 heavy (non-hydrogen) atoms. The van der Waals surface area contributed by atoms with Crippen molar-refractivity contribution in [3.05, 3.63) is 0 Å². The van der Waals surface area contributed by atoms with Crippen molar-refractivity contribution in [2.45, 2.75) is 57.5 Å². The molecule has 0 saturated heterocycles. The Morgan fingerprint density at radius 1 is 1.69 bits per heavy atom. The number of amides is 1. The summed E-state index contributed by atoms with van der Waals surface area (Å²) in [6.07, 6.45) is -0.948. The Morgan fingerprint density at radius 2 is 2.38 bits per heavy atom. The van der Waals surface area contributed by atoms with E-state index in [0.717, 1.165) is 0 Å². The number of rotatable bonds is 8. The Morgan fingerprint density at radius 3 is 2.88 bits per heavy atom. The van der Waals surface area contributed by atoms with Gasteiger partial charge in [0.25, 0.3) is 0 Å². The molecule has 0 aliphatic carbocycles. The van der Waals surface area contributed by atoms with E-state index in [2.05, 4.69) is 0 Å². The fraction of sp³-hybridized carbons (Fsp3) is 0.818. The predicted molar refractivity (Wildman–Crippen MR) is 59.9 cm³/mol. The van der Waals surface area contributed by atoms with Crippen molar-refractivity contribution >= 4 is 6.09 Å². The maximum Gasteiger partial charge on any atom is 0.405 e. The van der Waals surface area contributed by atoms with Crippen LogP contribution in [0.15, 0.2) is 0 Å². The van der Waals surface area contributed by atoms with E-state index in [1.807, 2.05) is 6.92 Å². The molecule has 5 nitrogen and oxygen atoms in total. The van der Waals surface area contributed by atoms with Gasteiger partial charge in [0.1, 0.15) is 6.02 Å². The molecular weight excluding hydrogens is 208 g/mol. The summed E-state index contributed by atoms with van der Waals surface area (Å²) in [5.41, 5.74) is 0. The molecule has 0 spiro atoms.